The maximum Gasteiger partial charge on any atom is 0.316 e. The molecule has 2 unspecified atom stereocenters. The third kappa shape index (κ3) is 5.04. The number of piperazine rings is 1. The molecule has 29 heavy (non-hydrogen) atoms. The van der Waals surface area contributed by atoms with Crippen molar-refractivity contribution in [3.8, 4) is 0 Å². The Hall–Kier alpha value is -2.21. The van der Waals surface area contributed by atoms with Crippen LogP contribution in [-0.2, 0) is 14.9 Å². The van der Waals surface area contributed by atoms with Gasteiger partial charge in [0.05, 0.1) is 12.2 Å². The molecule has 1 aromatic carbocycles. The standard InChI is InChI=1S/C18H27N5O5S/c1-13-11-23(12-14(2)28-13)29(26,27)22-9-7-21(8-10-22)17(24)15-3-5-16(6-4-15)20-18(19)25/h3-6,13-14H,7-12H2,1-2H3,(H3,19,20,25). The number of rotatable bonds is 4. The van der Waals surface area contributed by atoms with Crippen molar-refractivity contribution >= 4 is 27.8 Å². The number of anilines is 1. The highest BCUT2D eigenvalue weighted by atomic mass is 32.2. The summed E-state index contributed by atoms with van der Waals surface area (Å²) in [5.41, 5.74) is 6.03. The van der Waals surface area contributed by atoms with Crippen molar-refractivity contribution in [2.45, 2.75) is 26.1 Å². The first kappa shape index (κ1) is 21.5. The van der Waals surface area contributed by atoms with Crippen LogP contribution in [0.4, 0.5) is 10.5 Å². The Labute approximate surface area is 170 Å². The molecule has 2 atom stereocenters. The van der Waals surface area contributed by atoms with E-state index in [1.807, 2.05) is 13.8 Å². The van der Waals surface area contributed by atoms with Gasteiger partial charge >= 0.3 is 6.03 Å². The lowest BCUT2D eigenvalue weighted by Gasteiger charge is -2.40. The zero-order valence-corrected chi connectivity index (χ0v) is 17.4. The van der Waals surface area contributed by atoms with Crippen LogP contribution in [0.3, 0.4) is 0 Å². The summed E-state index contributed by atoms with van der Waals surface area (Å²) in [5, 5.41) is 2.44. The van der Waals surface area contributed by atoms with Gasteiger partial charge in [0.15, 0.2) is 0 Å². The fourth-order valence-electron chi connectivity index (χ4n) is 3.63. The molecule has 0 aromatic heterocycles. The van der Waals surface area contributed by atoms with Crippen molar-refractivity contribution in [1.82, 2.24) is 13.5 Å². The minimum Gasteiger partial charge on any atom is -0.373 e. The number of morpholine rings is 1. The number of primary amides is 1. The summed E-state index contributed by atoms with van der Waals surface area (Å²) in [7, 11) is -3.59. The quantitative estimate of drug-likeness (QED) is 0.717. The summed E-state index contributed by atoms with van der Waals surface area (Å²) in [5.74, 6) is -0.179. The molecule has 2 aliphatic heterocycles. The fourth-order valence-corrected chi connectivity index (χ4v) is 5.37. The number of carbonyl (C=O) groups excluding carboxylic acids is 2. The number of carbonyl (C=O) groups is 2. The van der Waals surface area contributed by atoms with Crippen molar-refractivity contribution in [2.24, 2.45) is 5.73 Å². The van der Waals surface area contributed by atoms with E-state index in [0.717, 1.165) is 0 Å². The average Bonchev–Trinajstić information content (AvgIpc) is 2.67. The molecule has 0 aliphatic carbocycles. The summed E-state index contributed by atoms with van der Waals surface area (Å²) in [4.78, 5) is 25.2. The number of benzene rings is 1. The summed E-state index contributed by atoms with van der Waals surface area (Å²) >= 11 is 0. The van der Waals surface area contributed by atoms with Gasteiger partial charge in [0.25, 0.3) is 16.1 Å². The molecule has 2 fully saturated rings. The summed E-state index contributed by atoms with van der Waals surface area (Å²) < 4.78 is 34.4. The largest absolute Gasteiger partial charge is 0.373 e. The van der Waals surface area contributed by atoms with Gasteiger partial charge < -0.3 is 20.7 Å². The molecule has 0 bridgehead atoms. The van der Waals surface area contributed by atoms with Crippen molar-refractivity contribution in [3.63, 3.8) is 0 Å². The van der Waals surface area contributed by atoms with Gasteiger partial charge in [-0.3, -0.25) is 4.79 Å². The van der Waals surface area contributed by atoms with Gasteiger partial charge in [-0.2, -0.15) is 17.0 Å². The molecule has 2 aliphatic rings. The zero-order chi connectivity index (χ0) is 21.2. The van der Waals surface area contributed by atoms with E-state index in [1.54, 1.807) is 29.2 Å². The predicted octanol–water partition coefficient (Wildman–Crippen LogP) is 0.289. The lowest BCUT2D eigenvalue weighted by Crippen LogP contribution is -2.57. The number of ether oxygens (including phenoxy) is 1. The number of hydrogen-bond acceptors (Lipinski definition) is 5. The molecule has 1 aromatic rings. The summed E-state index contributed by atoms with van der Waals surface area (Å²) in [6, 6.07) is 5.73. The lowest BCUT2D eigenvalue weighted by atomic mass is 10.1. The van der Waals surface area contributed by atoms with Crippen LogP contribution < -0.4 is 11.1 Å². The smallest absolute Gasteiger partial charge is 0.316 e. The molecule has 0 saturated carbocycles. The highest BCUT2D eigenvalue weighted by molar-refractivity contribution is 7.86. The van der Waals surface area contributed by atoms with E-state index in [4.69, 9.17) is 10.5 Å². The molecular formula is C18H27N5O5S. The molecule has 2 saturated heterocycles. The monoisotopic (exact) mass is 425 g/mol. The Morgan fingerprint density at radius 2 is 1.55 bits per heavy atom. The molecule has 2 heterocycles. The van der Waals surface area contributed by atoms with Crippen molar-refractivity contribution in [2.75, 3.05) is 44.6 Å². The summed E-state index contributed by atoms with van der Waals surface area (Å²) in [6.45, 7) is 5.50. The zero-order valence-electron chi connectivity index (χ0n) is 16.6. The van der Waals surface area contributed by atoms with E-state index in [9.17, 15) is 18.0 Å². The van der Waals surface area contributed by atoms with Gasteiger partial charge in [0.2, 0.25) is 0 Å². The first-order chi connectivity index (χ1) is 13.7. The minimum atomic E-state index is -3.59. The molecule has 3 N–H and O–H groups in total. The van der Waals surface area contributed by atoms with Gasteiger partial charge in [-0.05, 0) is 38.1 Å². The third-order valence-corrected chi connectivity index (χ3v) is 6.93. The molecular weight excluding hydrogens is 398 g/mol. The Morgan fingerprint density at radius 3 is 2.07 bits per heavy atom. The van der Waals surface area contributed by atoms with Gasteiger partial charge in [-0.15, -0.1) is 0 Å². The fraction of sp³-hybridized carbons (Fsp3) is 0.556. The second kappa shape index (κ2) is 8.66. The number of nitrogens with one attached hydrogen (secondary N) is 1. The van der Waals surface area contributed by atoms with Crippen molar-refractivity contribution in [1.29, 1.82) is 0 Å². The Morgan fingerprint density at radius 1 is 1.00 bits per heavy atom. The molecule has 3 amide bonds. The molecule has 3 rings (SSSR count). The number of amides is 3. The van der Waals surface area contributed by atoms with Crippen LogP contribution in [0.5, 0.6) is 0 Å². The van der Waals surface area contributed by atoms with E-state index in [-0.39, 0.29) is 31.2 Å². The van der Waals surface area contributed by atoms with E-state index in [1.165, 1.54) is 8.61 Å². The average molecular weight is 426 g/mol. The topological polar surface area (TPSA) is 125 Å². The Kier molecular flexibility index (Phi) is 6.42. The maximum absolute atomic E-state index is 13.0. The normalized spacial score (nSPS) is 24.3. The van der Waals surface area contributed by atoms with Crippen LogP contribution >= 0.6 is 0 Å². The second-order valence-electron chi connectivity index (χ2n) is 7.34. The number of nitrogens with two attached hydrogens (primary N) is 1. The van der Waals surface area contributed by atoms with Gasteiger partial charge in [0, 0.05) is 50.5 Å². The minimum absolute atomic E-state index is 0.150. The highest BCUT2D eigenvalue weighted by Gasteiger charge is 2.37. The van der Waals surface area contributed by atoms with E-state index in [0.29, 0.717) is 37.4 Å². The molecule has 160 valence electrons. The first-order valence-corrected chi connectivity index (χ1v) is 10.9. The van der Waals surface area contributed by atoms with Crippen molar-refractivity contribution in [3.05, 3.63) is 29.8 Å². The number of nitrogens with zero attached hydrogens (tertiary/aromatic N) is 3. The van der Waals surface area contributed by atoms with E-state index in [2.05, 4.69) is 5.32 Å². The van der Waals surface area contributed by atoms with Crippen LogP contribution in [0.15, 0.2) is 24.3 Å². The SMILES string of the molecule is CC1CN(S(=O)(=O)N2CCN(C(=O)c3ccc(NC(N)=O)cc3)CC2)CC(C)O1. The van der Waals surface area contributed by atoms with E-state index >= 15 is 0 Å². The van der Waals surface area contributed by atoms with Gasteiger partial charge in [-0.1, -0.05) is 0 Å². The highest BCUT2D eigenvalue weighted by Crippen LogP contribution is 2.20. The second-order valence-corrected chi connectivity index (χ2v) is 9.27. The predicted molar refractivity (Wildman–Crippen MR) is 108 cm³/mol. The molecule has 0 spiro atoms. The van der Waals surface area contributed by atoms with Crippen LogP contribution in [0.2, 0.25) is 0 Å². The van der Waals surface area contributed by atoms with Crippen LogP contribution in [0.25, 0.3) is 0 Å². The summed E-state index contributed by atoms with van der Waals surface area (Å²) in [6.07, 6.45) is -0.299. The van der Waals surface area contributed by atoms with Crippen LogP contribution in [0, 0.1) is 0 Å². The third-order valence-electron chi connectivity index (χ3n) is 4.96. The van der Waals surface area contributed by atoms with E-state index < -0.39 is 16.2 Å². The molecule has 11 heteroatoms. The first-order valence-electron chi connectivity index (χ1n) is 9.53. The lowest BCUT2D eigenvalue weighted by molar-refractivity contribution is -0.0457. The van der Waals surface area contributed by atoms with Crippen LogP contribution in [-0.4, -0.2) is 85.3 Å². The Balaban J connectivity index is 1.59. The molecule has 10 nitrogen and oxygen atoms in total. The van der Waals surface area contributed by atoms with Gasteiger partial charge in [-0.25, -0.2) is 4.79 Å². The number of urea groups is 1. The number of hydrogen-bond donors (Lipinski definition) is 2. The molecule has 0 radical (unpaired) electrons. The van der Waals surface area contributed by atoms with Crippen molar-refractivity contribution < 1.29 is 22.7 Å². The van der Waals surface area contributed by atoms with Crippen LogP contribution in [0.1, 0.15) is 24.2 Å². The van der Waals surface area contributed by atoms with Gasteiger partial charge in [0.1, 0.15) is 0 Å². The maximum atomic E-state index is 13.0. The Bertz CT molecular complexity index is 842.